The average molecular weight is 260 g/mol. The van der Waals surface area contributed by atoms with Crippen LogP contribution in [-0.4, -0.2) is 19.6 Å². The minimum atomic E-state index is 0.960. The van der Waals surface area contributed by atoms with Gasteiger partial charge in [-0.05, 0) is 28.8 Å². The van der Waals surface area contributed by atoms with Gasteiger partial charge in [0.25, 0.3) is 0 Å². The fourth-order valence-electron chi connectivity index (χ4n) is 2.35. The highest BCUT2D eigenvalue weighted by molar-refractivity contribution is 5.71. The molecule has 0 aliphatic carbocycles. The first-order chi connectivity index (χ1) is 9.90. The zero-order valence-electron chi connectivity index (χ0n) is 10.7. The summed E-state index contributed by atoms with van der Waals surface area (Å²) in [5, 5.41) is 6.80. The van der Waals surface area contributed by atoms with E-state index in [0.29, 0.717) is 0 Å². The van der Waals surface area contributed by atoms with E-state index >= 15 is 0 Å². The molecule has 0 atom stereocenters. The van der Waals surface area contributed by atoms with E-state index in [1.807, 2.05) is 29.2 Å². The zero-order valence-corrected chi connectivity index (χ0v) is 10.7. The lowest BCUT2D eigenvalue weighted by atomic mass is 10.0. The van der Waals surface area contributed by atoms with Gasteiger partial charge in [0.1, 0.15) is 5.65 Å². The van der Waals surface area contributed by atoms with Crippen molar-refractivity contribution in [1.82, 2.24) is 19.6 Å². The van der Waals surface area contributed by atoms with Gasteiger partial charge in [0.05, 0.1) is 6.20 Å². The highest BCUT2D eigenvalue weighted by atomic mass is 15.1. The Morgan fingerprint density at radius 1 is 0.850 bits per heavy atom. The molecule has 1 aromatic carbocycles. The summed E-state index contributed by atoms with van der Waals surface area (Å²) in [4.78, 5) is 4.31. The van der Waals surface area contributed by atoms with Gasteiger partial charge in [-0.25, -0.2) is 4.98 Å². The molecule has 4 aromatic rings. The number of rotatable bonds is 2. The predicted molar refractivity (Wildman–Crippen MR) is 78.2 cm³/mol. The van der Waals surface area contributed by atoms with Crippen molar-refractivity contribution < 1.29 is 0 Å². The molecule has 3 heterocycles. The van der Waals surface area contributed by atoms with Crippen molar-refractivity contribution in [2.24, 2.45) is 0 Å². The van der Waals surface area contributed by atoms with Crippen molar-refractivity contribution >= 4 is 5.65 Å². The number of hydrogen-bond acceptors (Lipinski definition) is 2. The van der Waals surface area contributed by atoms with Crippen molar-refractivity contribution in [2.75, 3.05) is 0 Å². The molecule has 0 fully saturated rings. The molecule has 4 heteroatoms. The molecule has 0 bridgehead atoms. The summed E-state index contributed by atoms with van der Waals surface area (Å²) in [6.45, 7) is 0. The van der Waals surface area contributed by atoms with Crippen LogP contribution in [0.2, 0.25) is 0 Å². The van der Waals surface area contributed by atoms with Crippen molar-refractivity contribution in [1.29, 1.82) is 0 Å². The maximum Gasteiger partial charge on any atom is 0.137 e. The van der Waals surface area contributed by atoms with Gasteiger partial charge in [-0.2, -0.15) is 5.10 Å². The molecule has 0 amide bonds. The lowest BCUT2D eigenvalue weighted by Gasteiger charge is -2.04. The van der Waals surface area contributed by atoms with E-state index in [1.165, 1.54) is 11.1 Å². The molecule has 0 saturated carbocycles. The molecule has 4 nitrogen and oxygen atoms in total. The minimum Gasteiger partial charge on any atom is -0.307 e. The van der Waals surface area contributed by atoms with Crippen LogP contribution in [0.1, 0.15) is 0 Å². The number of nitrogens with one attached hydrogen (secondary N) is 1. The number of nitrogens with zero attached hydrogens (tertiary/aromatic N) is 3. The van der Waals surface area contributed by atoms with Gasteiger partial charge in [-0.1, -0.05) is 24.3 Å². The van der Waals surface area contributed by atoms with Crippen molar-refractivity contribution in [3.8, 4) is 22.3 Å². The summed E-state index contributed by atoms with van der Waals surface area (Å²) in [6.07, 6.45) is 9.50. The molecule has 0 aliphatic rings. The summed E-state index contributed by atoms with van der Waals surface area (Å²) in [5.41, 5.74) is 5.57. The molecule has 0 radical (unpaired) electrons. The normalized spacial score (nSPS) is 11.0. The van der Waals surface area contributed by atoms with Crippen LogP contribution in [-0.2, 0) is 0 Å². The lowest BCUT2D eigenvalue weighted by Crippen LogP contribution is -1.85. The van der Waals surface area contributed by atoms with Crippen LogP contribution in [0.5, 0.6) is 0 Å². The van der Waals surface area contributed by atoms with Crippen LogP contribution in [0.4, 0.5) is 0 Å². The van der Waals surface area contributed by atoms with Gasteiger partial charge in [0.15, 0.2) is 0 Å². The van der Waals surface area contributed by atoms with Gasteiger partial charge in [0, 0.05) is 30.4 Å². The third-order valence-corrected chi connectivity index (χ3v) is 3.45. The highest BCUT2D eigenvalue weighted by Gasteiger charge is 2.02. The van der Waals surface area contributed by atoms with Crippen LogP contribution in [0.15, 0.2) is 67.4 Å². The Morgan fingerprint density at radius 2 is 1.65 bits per heavy atom. The number of H-pyrrole nitrogens is 1. The number of aromatic nitrogens is 4. The lowest BCUT2D eigenvalue weighted by molar-refractivity contribution is 1.09. The number of hydrogen-bond donors (Lipinski definition) is 1. The second-order valence-electron chi connectivity index (χ2n) is 4.67. The van der Waals surface area contributed by atoms with E-state index in [2.05, 4.69) is 51.6 Å². The molecular weight excluding hydrogens is 248 g/mol. The van der Waals surface area contributed by atoms with E-state index in [0.717, 1.165) is 16.8 Å². The first-order valence-corrected chi connectivity index (χ1v) is 6.42. The van der Waals surface area contributed by atoms with Crippen LogP contribution in [0.3, 0.4) is 0 Å². The molecule has 96 valence electrons. The molecule has 0 unspecified atom stereocenters. The quantitative estimate of drug-likeness (QED) is 0.600. The molecule has 3 aromatic heterocycles. The van der Waals surface area contributed by atoms with Gasteiger partial charge in [-0.3, -0.25) is 5.10 Å². The van der Waals surface area contributed by atoms with Gasteiger partial charge in [-0.15, -0.1) is 0 Å². The summed E-state index contributed by atoms with van der Waals surface area (Å²) in [5.74, 6) is 0. The smallest absolute Gasteiger partial charge is 0.137 e. The third kappa shape index (κ3) is 1.78. The maximum absolute atomic E-state index is 4.31. The monoisotopic (exact) mass is 260 g/mol. The van der Waals surface area contributed by atoms with Crippen LogP contribution in [0, 0.1) is 0 Å². The Balaban J connectivity index is 1.74. The number of benzene rings is 1. The SMILES string of the molecule is c1cn2ccc(-c3ccc(-c4cn[nH]c4)cc3)cc2n1. The zero-order chi connectivity index (χ0) is 13.4. The summed E-state index contributed by atoms with van der Waals surface area (Å²) in [7, 11) is 0. The summed E-state index contributed by atoms with van der Waals surface area (Å²) in [6, 6.07) is 12.6. The largest absolute Gasteiger partial charge is 0.307 e. The van der Waals surface area contributed by atoms with Gasteiger partial charge in [0.2, 0.25) is 0 Å². The van der Waals surface area contributed by atoms with E-state index < -0.39 is 0 Å². The number of fused-ring (bicyclic) bond motifs is 1. The average Bonchev–Trinajstić information content (AvgIpc) is 3.18. The van der Waals surface area contributed by atoms with Gasteiger partial charge < -0.3 is 4.40 Å². The fraction of sp³-hybridized carbons (Fsp3) is 0. The first kappa shape index (κ1) is 11.0. The third-order valence-electron chi connectivity index (χ3n) is 3.45. The fourth-order valence-corrected chi connectivity index (χ4v) is 2.35. The molecule has 0 saturated heterocycles. The van der Waals surface area contributed by atoms with Crippen molar-refractivity contribution in [3.05, 3.63) is 67.4 Å². The molecule has 0 spiro atoms. The minimum absolute atomic E-state index is 0.960. The Labute approximate surface area is 115 Å². The molecule has 20 heavy (non-hydrogen) atoms. The second kappa shape index (κ2) is 4.35. The van der Waals surface area contributed by atoms with Crippen molar-refractivity contribution in [2.45, 2.75) is 0 Å². The van der Waals surface area contributed by atoms with Crippen LogP contribution in [0.25, 0.3) is 27.9 Å². The van der Waals surface area contributed by atoms with Crippen LogP contribution >= 0.6 is 0 Å². The van der Waals surface area contributed by atoms with E-state index in [4.69, 9.17) is 0 Å². The van der Waals surface area contributed by atoms with Crippen molar-refractivity contribution in [3.63, 3.8) is 0 Å². The van der Waals surface area contributed by atoms with E-state index in [1.54, 1.807) is 6.20 Å². The van der Waals surface area contributed by atoms with E-state index in [-0.39, 0.29) is 0 Å². The number of pyridine rings is 1. The summed E-state index contributed by atoms with van der Waals surface area (Å²) < 4.78 is 2.00. The Hall–Kier alpha value is -2.88. The number of imidazole rings is 1. The maximum atomic E-state index is 4.31. The standard InChI is InChI=1S/C16H12N4/c1-3-13(15-10-18-19-11-15)4-2-12(1)14-5-7-20-8-6-17-16(20)9-14/h1-11H,(H,18,19). The highest BCUT2D eigenvalue weighted by Crippen LogP contribution is 2.24. The molecular formula is C16H12N4. The summed E-state index contributed by atoms with van der Waals surface area (Å²) >= 11 is 0. The molecule has 0 aliphatic heterocycles. The Bertz CT molecular complexity index is 842. The predicted octanol–water partition coefficient (Wildman–Crippen LogP) is 3.39. The van der Waals surface area contributed by atoms with Crippen LogP contribution < -0.4 is 0 Å². The second-order valence-corrected chi connectivity index (χ2v) is 4.67. The Kier molecular flexibility index (Phi) is 2.39. The molecule has 1 N–H and O–H groups in total. The topological polar surface area (TPSA) is 46.0 Å². The van der Waals surface area contributed by atoms with Gasteiger partial charge >= 0.3 is 0 Å². The van der Waals surface area contributed by atoms with E-state index in [9.17, 15) is 0 Å². The first-order valence-electron chi connectivity index (χ1n) is 6.42. The number of aromatic amines is 1. The Morgan fingerprint density at radius 3 is 2.40 bits per heavy atom. The molecule has 4 rings (SSSR count).